The molecule has 3 N–H and O–H groups in total. The highest BCUT2D eigenvalue weighted by Crippen LogP contribution is 2.21. The number of carbonyl (C=O) groups is 1. The third-order valence-corrected chi connectivity index (χ3v) is 2.45. The van der Waals surface area contributed by atoms with Crippen molar-refractivity contribution in [2.75, 3.05) is 20.7 Å². The molecule has 4 nitrogen and oxygen atoms in total. The summed E-state index contributed by atoms with van der Waals surface area (Å²) in [6.45, 7) is 0.933. The van der Waals surface area contributed by atoms with E-state index in [0.29, 0.717) is 11.6 Å². The van der Waals surface area contributed by atoms with E-state index >= 15 is 0 Å². The monoisotopic (exact) mass is 243 g/mol. The number of rotatable bonds is 5. The first-order valence-corrected chi connectivity index (χ1v) is 5.32. The molecule has 0 heterocycles. The Balaban J connectivity index is 2.78. The van der Waals surface area contributed by atoms with Crippen LogP contribution in [0.1, 0.15) is 5.56 Å². The molecule has 0 fully saturated rings. The SMILES string of the molecule is COc1ccc(Cl)cc1C[NH+](C)CC(N)=O. The quantitative estimate of drug-likeness (QED) is 0.756. The fraction of sp³-hybridized carbons (Fsp3) is 0.364. The Labute approximate surface area is 99.9 Å². The standard InChI is InChI=1S/C11H15ClN2O2/c1-14(7-11(13)15)6-8-5-9(12)3-4-10(8)16-2/h3-5H,6-7H2,1-2H3,(H2,13,15)/p+1. The number of likely N-dealkylation sites (N-methyl/N-ethyl adjacent to an activating group) is 1. The third-order valence-electron chi connectivity index (χ3n) is 2.21. The number of carbonyl (C=O) groups excluding carboxylic acids is 1. The van der Waals surface area contributed by atoms with Crippen LogP contribution in [-0.2, 0) is 11.3 Å². The van der Waals surface area contributed by atoms with Crippen molar-refractivity contribution in [2.24, 2.45) is 5.73 Å². The van der Waals surface area contributed by atoms with Gasteiger partial charge in [0, 0.05) is 10.6 Å². The van der Waals surface area contributed by atoms with Crippen molar-refractivity contribution in [3.05, 3.63) is 28.8 Å². The van der Waals surface area contributed by atoms with E-state index < -0.39 is 0 Å². The molecular weight excluding hydrogens is 228 g/mol. The zero-order valence-corrected chi connectivity index (χ0v) is 10.2. The number of hydrogen-bond donors (Lipinski definition) is 2. The molecule has 0 radical (unpaired) electrons. The van der Waals surface area contributed by atoms with E-state index in [-0.39, 0.29) is 12.5 Å². The van der Waals surface area contributed by atoms with E-state index in [9.17, 15) is 4.79 Å². The average molecular weight is 244 g/mol. The average Bonchev–Trinajstić information content (AvgIpc) is 2.16. The summed E-state index contributed by atoms with van der Waals surface area (Å²) in [5.74, 6) is 0.451. The molecule has 0 saturated heterocycles. The van der Waals surface area contributed by atoms with Crippen LogP contribution in [0.3, 0.4) is 0 Å². The maximum absolute atomic E-state index is 10.8. The number of amides is 1. The molecule has 0 aliphatic heterocycles. The molecule has 0 bridgehead atoms. The lowest BCUT2D eigenvalue weighted by Crippen LogP contribution is -3.08. The van der Waals surface area contributed by atoms with Gasteiger partial charge in [0.15, 0.2) is 6.54 Å². The predicted molar refractivity (Wildman–Crippen MR) is 62.7 cm³/mol. The summed E-state index contributed by atoms with van der Waals surface area (Å²) >= 11 is 5.91. The van der Waals surface area contributed by atoms with Crippen LogP contribution in [0.5, 0.6) is 5.75 Å². The van der Waals surface area contributed by atoms with Gasteiger partial charge in [-0.3, -0.25) is 4.79 Å². The number of methoxy groups -OCH3 is 1. The Bertz CT molecular complexity index is 382. The van der Waals surface area contributed by atoms with Gasteiger partial charge >= 0.3 is 0 Å². The van der Waals surface area contributed by atoms with E-state index in [1.54, 1.807) is 13.2 Å². The molecule has 88 valence electrons. The highest BCUT2D eigenvalue weighted by Gasteiger charge is 2.11. The van der Waals surface area contributed by atoms with E-state index in [2.05, 4.69) is 0 Å². The second-order valence-electron chi connectivity index (χ2n) is 3.73. The van der Waals surface area contributed by atoms with Gasteiger partial charge in [-0.15, -0.1) is 0 Å². The van der Waals surface area contributed by atoms with Crippen LogP contribution in [0.2, 0.25) is 5.02 Å². The number of ether oxygens (including phenoxy) is 1. The summed E-state index contributed by atoms with van der Waals surface area (Å²) < 4.78 is 5.22. The molecule has 1 unspecified atom stereocenters. The molecule has 5 heteroatoms. The van der Waals surface area contributed by atoms with E-state index in [4.69, 9.17) is 22.1 Å². The van der Waals surface area contributed by atoms with Crippen molar-refractivity contribution in [3.8, 4) is 5.75 Å². The fourth-order valence-electron chi connectivity index (χ4n) is 1.57. The van der Waals surface area contributed by atoms with Crippen LogP contribution in [0.15, 0.2) is 18.2 Å². The first-order valence-electron chi connectivity index (χ1n) is 4.95. The van der Waals surface area contributed by atoms with Gasteiger partial charge in [0.05, 0.1) is 14.2 Å². The van der Waals surface area contributed by atoms with Crippen molar-refractivity contribution in [1.82, 2.24) is 0 Å². The first kappa shape index (κ1) is 12.8. The molecule has 0 aliphatic rings. The zero-order valence-electron chi connectivity index (χ0n) is 9.42. The van der Waals surface area contributed by atoms with Gasteiger partial charge in [-0.1, -0.05) is 11.6 Å². The fourth-order valence-corrected chi connectivity index (χ4v) is 1.77. The normalized spacial score (nSPS) is 12.2. The number of nitrogens with two attached hydrogens (primary N) is 1. The number of benzene rings is 1. The Kier molecular flexibility index (Phi) is 4.58. The minimum atomic E-state index is -0.321. The summed E-state index contributed by atoms with van der Waals surface area (Å²) in [5, 5.41) is 0.655. The molecule has 1 aromatic carbocycles. The summed E-state index contributed by atoms with van der Waals surface area (Å²) in [7, 11) is 3.50. The van der Waals surface area contributed by atoms with E-state index in [0.717, 1.165) is 16.2 Å². The minimum Gasteiger partial charge on any atom is -0.496 e. The number of primary amides is 1. The molecular formula is C11H16ClN2O2+. The van der Waals surface area contributed by atoms with Gasteiger partial charge in [-0.05, 0) is 18.2 Å². The molecule has 1 rings (SSSR count). The highest BCUT2D eigenvalue weighted by molar-refractivity contribution is 6.30. The molecule has 0 saturated carbocycles. The van der Waals surface area contributed by atoms with Gasteiger partial charge in [-0.2, -0.15) is 0 Å². The van der Waals surface area contributed by atoms with Crippen LogP contribution < -0.4 is 15.4 Å². The summed E-state index contributed by atoms with van der Waals surface area (Å²) in [6, 6.07) is 5.42. The molecule has 1 atom stereocenters. The lowest BCUT2D eigenvalue weighted by atomic mass is 10.2. The van der Waals surface area contributed by atoms with Crippen LogP contribution in [0.4, 0.5) is 0 Å². The Morgan fingerprint density at radius 2 is 2.25 bits per heavy atom. The summed E-state index contributed by atoms with van der Waals surface area (Å²) in [4.78, 5) is 11.8. The number of nitrogens with one attached hydrogen (secondary N) is 1. The Hall–Kier alpha value is -1.26. The zero-order chi connectivity index (χ0) is 12.1. The van der Waals surface area contributed by atoms with Crippen LogP contribution in [0, 0.1) is 0 Å². The van der Waals surface area contributed by atoms with E-state index in [1.165, 1.54) is 0 Å². The highest BCUT2D eigenvalue weighted by atomic mass is 35.5. The molecule has 0 aromatic heterocycles. The van der Waals surface area contributed by atoms with Gasteiger partial charge < -0.3 is 15.4 Å². The maximum Gasteiger partial charge on any atom is 0.272 e. The second-order valence-corrected chi connectivity index (χ2v) is 4.17. The third kappa shape index (κ3) is 3.72. The van der Waals surface area contributed by atoms with Crippen molar-refractivity contribution >= 4 is 17.5 Å². The Morgan fingerprint density at radius 3 is 2.81 bits per heavy atom. The number of halogens is 1. The number of hydrogen-bond acceptors (Lipinski definition) is 2. The molecule has 0 aliphatic carbocycles. The summed E-state index contributed by atoms with van der Waals surface area (Å²) in [6.07, 6.45) is 0. The molecule has 0 spiro atoms. The molecule has 16 heavy (non-hydrogen) atoms. The number of quaternary nitrogens is 1. The van der Waals surface area contributed by atoms with Gasteiger partial charge in [0.1, 0.15) is 12.3 Å². The van der Waals surface area contributed by atoms with Crippen molar-refractivity contribution in [2.45, 2.75) is 6.54 Å². The Morgan fingerprint density at radius 1 is 1.56 bits per heavy atom. The minimum absolute atomic E-state index is 0.287. The second kappa shape index (κ2) is 5.72. The first-order chi connectivity index (χ1) is 7.52. The topological polar surface area (TPSA) is 56.8 Å². The lowest BCUT2D eigenvalue weighted by Gasteiger charge is -2.14. The molecule has 1 aromatic rings. The largest absolute Gasteiger partial charge is 0.496 e. The summed E-state index contributed by atoms with van der Waals surface area (Å²) in [5.41, 5.74) is 6.10. The van der Waals surface area contributed by atoms with Crippen molar-refractivity contribution in [3.63, 3.8) is 0 Å². The van der Waals surface area contributed by atoms with Gasteiger partial charge in [0.25, 0.3) is 5.91 Å². The smallest absolute Gasteiger partial charge is 0.272 e. The van der Waals surface area contributed by atoms with E-state index in [1.807, 2.05) is 19.2 Å². The predicted octanol–water partition coefficient (Wildman–Crippen LogP) is -0.151. The van der Waals surface area contributed by atoms with Crippen molar-refractivity contribution in [1.29, 1.82) is 0 Å². The van der Waals surface area contributed by atoms with Crippen LogP contribution in [0.25, 0.3) is 0 Å². The van der Waals surface area contributed by atoms with Gasteiger partial charge in [-0.25, -0.2) is 0 Å². The van der Waals surface area contributed by atoms with Gasteiger partial charge in [0.2, 0.25) is 0 Å². The van der Waals surface area contributed by atoms with Crippen LogP contribution in [-0.4, -0.2) is 26.6 Å². The van der Waals surface area contributed by atoms with Crippen LogP contribution >= 0.6 is 11.6 Å². The lowest BCUT2D eigenvalue weighted by molar-refractivity contribution is -0.885. The van der Waals surface area contributed by atoms with Crippen molar-refractivity contribution < 1.29 is 14.4 Å². The molecule has 1 amide bonds. The maximum atomic E-state index is 10.8.